The Kier molecular flexibility index (Phi) is 5.79. The number of aryl methyl sites for hydroxylation is 1. The normalized spacial score (nSPS) is 14.6. The predicted molar refractivity (Wildman–Crippen MR) is 108 cm³/mol. The van der Waals surface area contributed by atoms with Crippen LogP contribution in [-0.2, 0) is 6.54 Å². The molecule has 0 bridgehead atoms. The lowest BCUT2D eigenvalue weighted by molar-refractivity contribution is 0.0943. The number of urea groups is 1. The highest BCUT2D eigenvalue weighted by Gasteiger charge is 2.27. The van der Waals surface area contributed by atoms with Gasteiger partial charge < -0.3 is 10.2 Å². The number of hydrogen-bond donors (Lipinski definition) is 1. The van der Waals surface area contributed by atoms with Crippen molar-refractivity contribution in [3.63, 3.8) is 0 Å². The summed E-state index contributed by atoms with van der Waals surface area (Å²) in [5.74, 6) is -0.118. The molecule has 0 saturated carbocycles. The van der Waals surface area contributed by atoms with Crippen LogP contribution in [0.25, 0.3) is 0 Å². The van der Waals surface area contributed by atoms with Crippen LogP contribution in [0.4, 0.5) is 10.5 Å². The molecule has 0 spiro atoms. The lowest BCUT2D eigenvalue weighted by atomic mass is 10.1. The Balaban J connectivity index is 1.78. The molecule has 2 aromatic carbocycles. The summed E-state index contributed by atoms with van der Waals surface area (Å²) in [7, 11) is 0. The second-order valence-corrected chi connectivity index (χ2v) is 7.31. The summed E-state index contributed by atoms with van der Waals surface area (Å²) in [6.07, 6.45) is 0.903. The van der Waals surface area contributed by atoms with Gasteiger partial charge in [0.15, 0.2) is 0 Å². The van der Waals surface area contributed by atoms with Gasteiger partial charge in [0.25, 0.3) is 5.91 Å². The maximum atomic E-state index is 13.1. The number of hydrogen-bond acceptors (Lipinski definition) is 2. The third kappa shape index (κ3) is 4.48. The maximum Gasteiger partial charge on any atom is 0.324 e. The van der Waals surface area contributed by atoms with E-state index in [1.807, 2.05) is 43.0 Å². The molecule has 1 aliphatic rings. The zero-order valence-electron chi connectivity index (χ0n) is 16.2. The fourth-order valence-corrected chi connectivity index (χ4v) is 3.32. The minimum atomic E-state index is -0.118. The van der Waals surface area contributed by atoms with Crippen molar-refractivity contribution in [2.75, 3.05) is 18.0 Å². The van der Waals surface area contributed by atoms with Crippen molar-refractivity contribution < 1.29 is 9.59 Å². The summed E-state index contributed by atoms with van der Waals surface area (Å²) in [5.41, 5.74) is 3.70. The number of carbonyl (C=O) groups is 2. The number of carbonyl (C=O) groups excluding carboxylic acids is 2. The van der Waals surface area contributed by atoms with Gasteiger partial charge in [0.2, 0.25) is 0 Å². The van der Waals surface area contributed by atoms with Crippen LogP contribution in [0.2, 0.25) is 0 Å². The van der Waals surface area contributed by atoms with E-state index in [9.17, 15) is 9.59 Å². The van der Waals surface area contributed by atoms with Gasteiger partial charge in [-0.3, -0.25) is 9.69 Å². The quantitative estimate of drug-likeness (QED) is 0.872. The van der Waals surface area contributed by atoms with Crippen molar-refractivity contribution in [3.05, 3.63) is 65.2 Å². The number of anilines is 1. The van der Waals surface area contributed by atoms with E-state index in [2.05, 4.69) is 24.4 Å². The molecule has 0 aromatic heterocycles. The number of amides is 3. The average molecular weight is 365 g/mol. The molecule has 0 unspecified atom stereocenters. The van der Waals surface area contributed by atoms with Crippen LogP contribution in [0.15, 0.2) is 48.5 Å². The van der Waals surface area contributed by atoms with E-state index < -0.39 is 0 Å². The van der Waals surface area contributed by atoms with Crippen molar-refractivity contribution in [1.29, 1.82) is 0 Å². The smallest absolute Gasteiger partial charge is 0.324 e. The third-order valence-electron chi connectivity index (χ3n) is 4.77. The van der Waals surface area contributed by atoms with Crippen LogP contribution in [0, 0.1) is 6.92 Å². The molecular weight excluding hydrogens is 338 g/mol. The van der Waals surface area contributed by atoms with Crippen LogP contribution in [-0.4, -0.2) is 36.0 Å². The van der Waals surface area contributed by atoms with Crippen molar-refractivity contribution in [1.82, 2.24) is 10.2 Å². The van der Waals surface area contributed by atoms with E-state index in [1.165, 1.54) is 5.56 Å². The molecule has 1 aliphatic heterocycles. The Morgan fingerprint density at radius 3 is 2.63 bits per heavy atom. The molecule has 3 rings (SSSR count). The van der Waals surface area contributed by atoms with Crippen molar-refractivity contribution in [3.8, 4) is 0 Å². The standard InChI is InChI=1S/C22H27N3O2/c1-16(2)23-21(26)18-10-6-11-20(14-18)25-13-7-12-24(22(25)27)15-19-9-5-4-8-17(19)3/h4-6,8-11,14,16H,7,12-13,15H2,1-3H3,(H,23,26). The fourth-order valence-electron chi connectivity index (χ4n) is 3.32. The van der Waals surface area contributed by atoms with E-state index in [0.717, 1.165) is 24.2 Å². The highest BCUT2D eigenvalue weighted by Crippen LogP contribution is 2.23. The number of benzene rings is 2. The molecule has 3 amide bonds. The first kappa shape index (κ1) is 19.0. The second kappa shape index (κ2) is 8.25. The number of rotatable bonds is 5. The summed E-state index contributed by atoms with van der Waals surface area (Å²) in [4.78, 5) is 29.0. The molecule has 1 heterocycles. The molecule has 27 heavy (non-hydrogen) atoms. The average Bonchev–Trinajstić information content (AvgIpc) is 2.65. The van der Waals surface area contributed by atoms with Gasteiger partial charge in [-0.1, -0.05) is 30.3 Å². The van der Waals surface area contributed by atoms with Gasteiger partial charge in [-0.15, -0.1) is 0 Å². The van der Waals surface area contributed by atoms with E-state index in [-0.39, 0.29) is 18.0 Å². The summed E-state index contributed by atoms with van der Waals surface area (Å²) in [6.45, 7) is 7.95. The molecule has 0 atom stereocenters. The number of nitrogens with one attached hydrogen (secondary N) is 1. The number of nitrogens with zero attached hydrogens (tertiary/aromatic N) is 2. The van der Waals surface area contributed by atoms with E-state index in [0.29, 0.717) is 18.7 Å². The monoisotopic (exact) mass is 365 g/mol. The van der Waals surface area contributed by atoms with Crippen molar-refractivity contribution in [2.45, 2.75) is 39.8 Å². The topological polar surface area (TPSA) is 52.6 Å². The second-order valence-electron chi connectivity index (χ2n) is 7.31. The van der Waals surface area contributed by atoms with Gasteiger partial charge in [-0.2, -0.15) is 0 Å². The van der Waals surface area contributed by atoms with Gasteiger partial charge in [-0.25, -0.2) is 4.79 Å². The third-order valence-corrected chi connectivity index (χ3v) is 4.77. The Morgan fingerprint density at radius 2 is 1.89 bits per heavy atom. The lowest BCUT2D eigenvalue weighted by Gasteiger charge is -2.36. The zero-order valence-corrected chi connectivity index (χ0v) is 16.2. The first-order chi connectivity index (χ1) is 13.0. The molecule has 142 valence electrons. The molecule has 1 N–H and O–H groups in total. The minimum absolute atomic E-state index is 0.00841. The highest BCUT2D eigenvalue weighted by atomic mass is 16.2. The lowest BCUT2D eigenvalue weighted by Crippen LogP contribution is -2.49. The zero-order chi connectivity index (χ0) is 19.4. The minimum Gasteiger partial charge on any atom is -0.350 e. The van der Waals surface area contributed by atoms with Crippen LogP contribution in [0.1, 0.15) is 41.8 Å². The predicted octanol–water partition coefficient (Wildman–Crippen LogP) is 3.97. The molecule has 1 saturated heterocycles. The molecule has 5 heteroatoms. The largest absolute Gasteiger partial charge is 0.350 e. The van der Waals surface area contributed by atoms with Gasteiger partial charge in [0.05, 0.1) is 0 Å². The van der Waals surface area contributed by atoms with Crippen LogP contribution >= 0.6 is 0 Å². The van der Waals surface area contributed by atoms with E-state index in [1.54, 1.807) is 17.0 Å². The van der Waals surface area contributed by atoms with Crippen LogP contribution in [0.3, 0.4) is 0 Å². The summed E-state index contributed by atoms with van der Waals surface area (Å²) >= 11 is 0. The van der Waals surface area contributed by atoms with Gasteiger partial charge >= 0.3 is 6.03 Å². The first-order valence-corrected chi connectivity index (χ1v) is 9.47. The first-order valence-electron chi connectivity index (χ1n) is 9.47. The Bertz CT molecular complexity index is 832. The van der Waals surface area contributed by atoms with Gasteiger partial charge in [0.1, 0.15) is 0 Å². The summed E-state index contributed by atoms with van der Waals surface area (Å²) in [5, 5.41) is 2.90. The highest BCUT2D eigenvalue weighted by molar-refractivity contribution is 5.98. The van der Waals surface area contributed by atoms with E-state index in [4.69, 9.17) is 0 Å². The Hall–Kier alpha value is -2.82. The van der Waals surface area contributed by atoms with Crippen molar-refractivity contribution >= 4 is 17.6 Å². The van der Waals surface area contributed by atoms with E-state index >= 15 is 0 Å². The Labute approximate surface area is 161 Å². The molecule has 5 nitrogen and oxygen atoms in total. The maximum absolute atomic E-state index is 13.1. The molecule has 2 aromatic rings. The molecule has 1 fully saturated rings. The summed E-state index contributed by atoms with van der Waals surface area (Å²) in [6, 6.07) is 15.5. The van der Waals surface area contributed by atoms with Gasteiger partial charge in [0, 0.05) is 36.9 Å². The molecular formula is C22H27N3O2. The van der Waals surface area contributed by atoms with Gasteiger partial charge in [-0.05, 0) is 56.5 Å². The van der Waals surface area contributed by atoms with Crippen molar-refractivity contribution in [2.24, 2.45) is 0 Å². The fraction of sp³-hybridized carbons (Fsp3) is 0.364. The molecule has 0 radical (unpaired) electrons. The SMILES string of the molecule is Cc1ccccc1CN1CCCN(c2cccc(C(=O)NC(C)C)c2)C1=O. The summed E-state index contributed by atoms with van der Waals surface area (Å²) < 4.78 is 0. The van der Waals surface area contributed by atoms with Crippen LogP contribution < -0.4 is 10.2 Å². The Morgan fingerprint density at radius 1 is 1.11 bits per heavy atom. The van der Waals surface area contributed by atoms with Crippen LogP contribution in [0.5, 0.6) is 0 Å². The molecule has 0 aliphatic carbocycles.